The zero-order valence-electron chi connectivity index (χ0n) is 15.5. The van der Waals surface area contributed by atoms with Crippen molar-refractivity contribution in [1.82, 2.24) is 4.90 Å². The summed E-state index contributed by atoms with van der Waals surface area (Å²) >= 11 is 3.85. The van der Waals surface area contributed by atoms with E-state index in [4.69, 9.17) is 9.47 Å². The van der Waals surface area contributed by atoms with Crippen molar-refractivity contribution < 1.29 is 19.1 Å². The number of hydrogen-bond donors (Lipinski definition) is 0. The molecule has 1 amide bonds. The number of carbonyl (C=O) groups is 2. The molecular weight excluding hydrogens is 382 g/mol. The van der Waals surface area contributed by atoms with Gasteiger partial charge in [-0.15, -0.1) is 23.5 Å². The molecule has 1 aromatic rings. The minimum Gasteiger partial charge on any atom is -0.493 e. The fourth-order valence-electron chi connectivity index (χ4n) is 4.12. The first-order chi connectivity index (χ1) is 13.2. The van der Waals surface area contributed by atoms with Crippen molar-refractivity contribution in [2.45, 2.75) is 42.7 Å². The molecule has 2 saturated heterocycles. The van der Waals surface area contributed by atoms with Crippen LogP contribution in [0.15, 0.2) is 18.2 Å². The van der Waals surface area contributed by atoms with Gasteiger partial charge in [0.1, 0.15) is 0 Å². The van der Waals surface area contributed by atoms with Gasteiger partial charge in [-0.2, -0.15) is 0 Å². The van der Waals surface area contributed by atoms with Gasteiger partial charge in [-0.3, -0.25) is 9.59 Å². The number of likely N-dealkylation sites (tertiary alicyclic amines) is 1. The largest absolute Gasteiger partial charge is 0.493 e. The van der Waals surface area contributed by atoms with Crippen LogP contribution in [0.2, 0.25) is 0 Å². The van der Waals surface area contributed by atoms with Crippen LogP contribution in [-0.4, -0.2) is 48.0 Å². The van der Waals surface area contributed by atoms with E-state index in [1.54, 1.807) is 7.11 Å². The highest BCUT2D eigenvalue weighted by molar-refractivity contribution is 8.19. The molecule has 2 heterocycles. The third kappa shape index (κ3) is 4.09. The number of methoxy groups -OCH3 is 1. The van der Waals surface area contributed by atoms with Crippen LogP contribution in [0.1, 0.15) is 42.2 Å². The van der Waals surface area contributed by atoms with Gasteiger partial charge in [0.15, 0.2) is 11.5 Å². The quantitative estimate of drug-likeness (QED) is 0.546. The van der Waals surface area contributed by atoms with E-state index >= 15 is 0 Å². The molecule has 1 atom stereocenters. The number of carbonyl (C=O) groups excluding carboxylic acids is 2. The molecular formula is C20H25NO4S2. The van der Waals surface area contributed by atoms with Crippen LogP contribution in [0.3, 0.4) is 0 Å². The molecule has 3 aliphatic rings. The van der Waals surface area contributed by atoms with Crippen molar-refractivity contribution in [2.75, 3.05) is 25.2 Å². The van der Waals surface area contributed by atoms with Crippen molar-refractivity contribution in [2.24, 2.45) is 5.92 Å². The highest BCUT2D eigenvalue weighted by atomic mass is 32.2. The zero-order valence-corrected chi connectivity index (χ0v) is 17.2. The minimum absolute atomic E-state index is 0.0847. The lowest BCUT2D eigenvalue weighted by Crippen LogP contribution is -2.35. The molecule has 0 bridgehead atoms. The summed E-state index contributed by atoms with van der Waals surface area (Å²) in [5.41, 5.74) is 1.18. The molecule has 5 nitrogen and oxygen atoms in total. The second kappa shape index (κ2) is 8.35. The Bertz CT molecular complexity index is 714. The Morgan fingerprint density at radius 2 is 1.89 bits per heavy atom. The van der Waals surface area contributed by atoms with Crippen molar-refractivity contribution in [3.05, 3.63) is 23.8 Å². The fraction of sp³-hybridized carbons (Fsp3) is 0.600. The van der Waals surface area contributed by atoms with E-state index in [1.165, 1.54) is 18.4 Å². The van der Waals surface area contributed by atoms with Gasteiger partial charge in [0.05, 0.1) is 17.6 Å². The highest BCUT2D eigenvalue weighted by Gasteiger charge is 2.39. The smallest absolute Gasteiger partial charge is 0.316 e. The summed E-state index contributed by atoms with van der Waals surface area (Å²) in [6.45, 7) is 0.484. The predicted octanol–water partition coefficient (Wildman–Crippen LogP) is 3.87. The number of rotatable bonds is 5. The third-order valence-corrected chi connectivity index (χ3v) is 8.65. The molecule has 0 aromatic heterocycles. The van der Waals surface area contributed by atoms with Crippen LogP contribution >= 0.6 is 23.5 Å². The second-order valence-electron chi connectivity index (χ2n) is 7.29. The SMILES string of the molecule is COc1cc(C2SCCS2)ccc1OC(=O)C1CC(=O)N(C2CCCC2)C1. The molecule has 0 N–H and O–H groups in total. The van der Waals surface area contributed by atoms with E-state index in [1.807, 2.05) is 46.6 Å². The average Bonchev–Trinajstić information content (AvgIpc) is 3.43. The zero-order chi connectivity index (χ0) is 18.8. The van der Waals surface area contributed by atoms with Gasteiger partial charge in [0.25, 0.3) is 0 Å². The standard InChI is InChI=1S/C20H25NO4S2/c1-24-17-10-13(20-26-8-9-27-20)6-7-16(17)25-19(23)14-11-18(22)21(12-14)15-4-2-3-5-15/h6-7,10,14-15,20H,2-5,8-9,11-12H2,1H3. The molecule has 146 valence electrons. The lowest BCUT2D eigenvalue weighted by atomic mass is 10.1. The van der Waals surface area contributed by atoms with Gasteiger partial charge in [0.2, 0.25) is 5.91 Å². The number of amides is 1. The minimum atomic E-state index is -0.386. The molecule has 1 saturated carbocycles. The summed E-state index contributed by atoms with van der Waals surface area (Å²) in [6, 6.07) is 6.09. The fourth-order valence-corrected chi connectivity index (χ4v) is 6.95. The summed E-state index contributed by atoms with van der Waals surface area (Å²) < 4.78 is 11.5. The van der Waals surface area contributed by atoms with Crippen LogP contribution in [-0.2, 0) is 9.59 Å². The Kier molecular flexibility index (Phi) is 5.88. The number of esters is 1. The summed E-state index contributed by atoms with van der Waals surface area (Å²) in [5, 5.41) is 0. The monoisotopic (exact) mass is 407 g/mol. The first kappa shape index (κ1) is 19.0. The Balaban J connectivity index is 1.42. The summed E-state index contributed by atoms with van der Waals surface area (Å²) in [5.74, 6) is 2.68. The number of nitrogens with zero attached hydrogens (tertiary/aromatic N) is 1. The maximum atomic E-state index is 12.7. The van der Waals surface area contributed by atoms with Gasteiger partial charge < -0.3 is 14.4 Å². The lowest BCUT2D eigenvalue weighted by molar-refractivity contribution is -0.139. The van der Waals surface area contributed by atoms with Crippen LogP contribution in [0, 0.1) is 5.92 Å². The van der Waals surface area contributed by atoms with E-state index in [-0.39, 0.29) is 24.2 Å². The number of benzene rings is 1. The van der Waals surface area contributed by atoms with Crippen molar-refractivity contribution >= 4 is 35.4 Å². The van der Waals surface area contributed by atoms with Gasteiger partial charge in [-0.05, 0) is 30.5 Å². The van der Waals surface area contributed by atoms with E-state index in [2.05, 4.69) is 0 Å². The van der Waals surface area contributed by atoms with Crippen LogP contribution in [0.25, 0.3) is 0 Å². The van der Waals surface area contributed by atoms with Crippen LogP contribution in [0.4, 0.5) is 0 Å². The number of thioether (sulfide) groups is 2. The molecule has 4 rings (SSSR count). The molecule has 7 heteroatoms. The lowest BCUT2D eigenvalue weighted by Gasteiger charge is -2.23. The predicted molar refractivity (Wildman–Crippen MR) is 108 cm³/mol. The van der Waals surface area contributed by atoms with Gasteiger partial charge in [-0.1, -0.05) is 18.9 Å². The van der Waals surface area contributed by atoms with Crippen molar-refractivity contribution in [3.8, 4) is 11.5 Å². The van der Waals surface area contributed by atoms with Gasteiger partial charge in [-0.25, -0.2) is 0 Å². The molecule has 3 fully saturated rings. The molecule has 0 spiro atoms. The Hall–Kier alpha value is -1.34. The molecule has 1 unspecified atom stereocenters. The van der Waals surface area contributed by atoms with Crippen LogP contribution in [0.5, 0.6) is 11.5 Å². The van der Waals surface area contributed by atoms with E-state index < -0.39 is 0 Å². The van der Waals surface area contributed by atoms with Gasteiger partial charge >= 0.3 is 5.97 Å². The third-order valence-electron chi connectivity index (χ3n) is 5.55. The topological polar surface area (TPSA) is 55.8 Å². The average molecular weight is 408 g/mol. The molecule has 1 aromatic carbocycles. The highest BCUT2D eigenvalue weighted by Crippen LogP contribution is 2.47. The number of ether oxygens (including phenoxy) is 2. The summed E-state index contributed by atoms with van der Waals surface area (Å²) in [7, 11) is 1.59. The summed E-state index contributed by atoms with van der Waals surface area (Å²) in [6.07, 6.45) is 4.71. The van der Waals surface area contributed by atoms with Gasteiger partial charge in [0, 0.05) is 30.5 Å². The van der Waals surface area contributed by atoms with E-state index in [0.29, 0.717) is 28.7 Å². The Morgan fingerprint density at radius 3 is 2.59 bits per heavy atom. The Labute approximate surface area is 168 Å². The first-order valence-electron chi connectivity index (χ1n) is 9.58. The number of hydrogen-bond acceptors (Lipinski definition) is 6. The normalized spacial score (nSPS) is 24.0. The molecule has 1 aliphatic carbocycles. The van der Waals surface area contributed by atoms with Crippen LogP contribution < -0.4 is 9.47 Å². The Morgan fingerprint density at radius 1 is 1.15 bits per heavy atom. The summed E-state index contributed by atoms with van der Waals surface area (Å²) in [4.78, 5) is 26.9. The van der Waals surface area contributed by atoms with Crippen molar-refractivity contribution in [1.29, 1.82) is 0 Å². The molecule has 2 aliphatic heterocycles. The molecule has 27 heavy (non-hydrogen) atoms. The maximum Gasteiger partial charge on any atom is 0.316 e. The van der Waals surface area contributed by atoms with Crippen molar-refractivity contribution in [3.63, 3.8) is 0 Å². The maximum absolute atomic E-state index is 12.7. The van der Waals surface area contributed by atoms with E-state index in [9.17, 15) is 9.59 Å². The van der Waals surface area contributed by atoms with E-state index in [0.717, 1.165) is 24.3 Å². The first-order valence-corrected chi connectivity index (χ1v) is 11.7. The second-order valence-corrected chi connectivity index (χ2v) is 10.0. The molecule has 0 radical (unpaired) electrons.